The first-order chi connectivity index (χ1) is 13.2. The number of nitrogens with one attached hydrogen (secondary N) is 2. The Bertz CT molecular complexity index is 865. The van der Waals surface area contributed by atoms with Gasteiger partial charge < -0.3 is 19.7 Å². The molecule has 0 aromatic heterocycles. The van der Waals surface area contributed by atoms with E-state index < -0.39 is 0 Å². The molecular formula is C20H21N3O3S. The number of thiocarbonyl (C=S) groups is 1. The maximum Gasteiger partial charge on any atom is 0.257 e. The third-order valence-electron chi connectivity index (χ3n) is 4.61. The van der Waals surface area contributed by atoms with Crippen LogP contribution in [0.1, 0.15) is 23.2 Å². The second-order valence-corrected chi connectivity index (χ2v) is 6.92. The summed E-state index contributed by atoms with van der Waals surface area (Å²) < 4.78 is 11.0. The summed E-state index contributed by atoms with van der Waals surface area (Å²) >= 11 is 5.30. The van der Waals surface area contributed by atoms with Crippen LogP contribution in [0.5, 0.6) is 11.5 Å². The topological polar surface area (TPSA) is 62.8 Å². The molecule has 2 aromatic carbocycles. The molecule has 140 valence electrons. The van der Waals surface area contributed by atoms with Crippen LogP contribution in [0.2, 0.25) is 0 Å². The number of carbonyl (C=O) groups excluding carboxylic acids is 1. The van der Waals surface area contributed by atoms with Gasteiger partial charge in [0.25, 0.3) is 5.91 Å². The number of rotatable bonds is 3. The van der Waals surface area contributed by atoms with Gasteiger partial charge in [0, 0.05) is 30.0 Å². The van der Waals surface area contributed by atoms with Gasteiger partial charge in [0.05, 0.1) is 0 Å². The van der Waals surface area contributed by atoms with Crippen LogP contribution in [-0.2, 0) is 0 Å². The smallest absolute Gasteiger partial charge is 0.257 e. The van der Waals surface area contributed by atoms with Gasteiger partial charge in [0.15, 0.2) is 16.6 Å². The molecular weight excluding hydrogens is 362 g/mol. The van der Waals surface area contributed by atoms with E-state index in [1.165, 1.54) is 18.5 Å². The number of benzene rings is 2. The Balaban J connectivity index is 1.39. The Labute approximate surface area is 163 Å². The zero-order valence-corrected chi connectivity index (χ0v) is 15.7. The summed E-state index contributed by atoms with van der Waals surface area (Å²) in [5.74, 6) is 0.934. The van der Waals surface area contributed by atoms with E-state index in [9.17, 15) is 4.79 Å². The van der Waals surface area contributed by atoms with Crippen LogP contribution in [0, 0.1) is 0 Å². The largest absolute Gasteiger partial charge is 0.486 e. The van der Waals surface area contributed by atoms with Crippen molar-refractivity contribution in [3.8, 4) is 11.5 Å². The average Bonchev–Trinajstić information content (AvgIpc) is 3.22. The summed E-state index contributed by atoms with van der Waals surface area (Å²) in [6, 6.07) is 13.2. The summed E-state index contributed by atoms with van der Waals surface area (Å²) in [5, 5.41) is 6.06. The van der Waals surface area contributed by atoms with Crippen molar-refractivity contribution in [1.82, 2.24) is 5.32 Å². The minimum atomic E-state index is -0.292. The fourth-order valence-corrected chi connectivity index (χ4v) is 3.49. The molecule has 1 saturated heterocycles. The lowest BCUT2D eigenvalue weighted by Gasteiger charge is -2.19. The molecule has 0 bridgehead atoms. The van der Waals surface area contributed by atoms with Crippen molar-refractivity contribution >= 4 is 34.6 Å². The van der Waals surface area contributed by atoms with Crippen molar-refractivity contribution in [3.63, 3.8) is 0 Å². The molecule has 7 heteroatoms. The lowest BCUT2D eigenvalue weighted by Crippen LogP contribution is -2.34. The number of ether oxygens (including phenoxy) is 2. The normalized spacial score (nSPS) is 15.3. The molecule has 0 unspecified atom stereocenters. The molecule has 0 atom stereocenters. The van der Waals surface area contributed by atoms with E-state index in [1.54, 1.807) is 18.2 Å². The standard InChI is InChI=1S/C20H21N3O3S/c24-19(14-6-7-17-18(12-14)26-11-10-25-17)22-20(27)21-15-4-3-5-16(13-15)23-8-1-2-9-23/h3-7,12-13H,1-2,8-11H2,(H2,21,22,24,27). The van der Waals surface area contributed by atoms with E-state index in [-0.39, 0.29) is 11.0 Å². The third kappa shape index (κ3) is 4.14. The Hall–Kier alpha value is -2.80. The predicted octanol–water partition coefficient (Wildman–Crippen LogP) is 3.18. The van der Waals surface area contributed by atoms with Crippen LogP contribution in [0.25, 0.3) is 0 Å². The number of fused-ring (bicyclic) bond motifs is 1. The zero-order valence-electron chi connectivity index (χ0n) is 14.9. The van der Waals surface area contributed by atoms with Crippen molar-refractivity contribution in [1.29, 1.82) is 0 Å². The molecule has 2 aliphatic heterocycles. The molecule has 2 aliphatic rings. The van der Waals surface area contributed by atoms with Gasteiger partial charge in [-0.15, -0.1) is 0 Å². The molecule has 2 heterocycles. The Kier molecular flexibility index (Phi) is 5.11. The molecule has 0 radical (unpaired) electrons. The lowest BCUT2D eigenvalue weighted by molar-refractivity contribution is 0.0976. The van der Waals surface area contributed by atoms with Crippen LogP contribution in [0.3, 0.4) is 0 Å². The number of anilines is 2. The van der Waals surface area contributed by atoms with Gasteiger partial charge in [0.2, 0.25) is 0 Å². The summed E-state index contributed by atoms with van der Waals surface area (Å²) in [7, 11) is 0. The van der Waals surface area contributed by atoms with E-state index >= 15 is 0 Å². The Morgan fingerprint density at radius 2 is 1.78 bits per heavy atom. The second-order valence-electron chi connectivity index (χ2n) is 6.51. The van der Waals surface area contributed by atoms with Gasteiger partial charge in [-0.3, -0.25) is 10.1 Å². The van der Waals surface area contributed by atoms with Gasteiger partial charge in [-0.2, -0.15) is 0 Å². The fourth-order valence-electron chi connectivity index (χ4n) is 3.28. The van der Waals surface area contributed by atoms with Gasteiger partial charge in [-0.25, -0.2) is 0 Å². The first-order valence-corrected chi connectivity index (χ1v) is 9.47. The molecule has 0 aliphatic carbocycles. The summed E-state index contributed by atoms with van der Waals surface area (Å²) in [6.07, 6.45) is 2.45. The predicted molar refractivity (Wildman–Crippen MR) is 109 cm³/mol. The molecule has 6 nitrogen and oxygen atoms in total. The van der Waals surface area contributed by atoms with E-state index in [0.717, 1.165) is 18.8 Å². The van der Waals surface area contributed by atoms with Crippen LogP contribution in [0.15, 0.2) is 42.5 Å². The minimum absolute atomic E-state index is 0.258. The molecule has 1 fully saturated rings. The lowest BCUT2D eigenvalue weighted by atomic mass is 10.2. The SMILES string of the molecule is O=C(NC(=S)Nc1cccc(N2CCCC2)c1)c1ccc2c(c1)OCCO2. The van der Waals surface area contributed by atoms with Crippen LogP contribution in [-0.4, -0.2) is 37.3 Å². The first kappa shape index (κ1) is 17.6. The average molecular weight is 383 g/mol. The third-order valence-corrected chi connectivity index (χ3v) is 4.81. The van der Waals surface area contributed by atoms with Crippen LogP contribution < -0.4 is 25.0 Å². The summed E-state index contributed by atoms with van der Waals surface area (Å²) in [5.41, 5.74) is 2.49. The first-order valence-electron chi connectivity index (χ1n) is 9.06. The molecule has 4 rings (SSSR count). The number of hydrogen-bond donors (Lipinski definition) is 2. The Morgan fingerprint density at radius 3 is 2.59 bits per heavy atom. The second kappa shape index (κ2) is 7.84. The van der Waals surface area contributed by atoms with Crippen molar-refractivity contribution < 1.29 is 14.3 Å². The van der Waals surface area contributed by atoms with E-state index in [2.05, 4.69) is 21.6 Å². The van der Waals surface area contributed by atoms with E-state index in [1.807, 2.05) is 18.2 Å². The fraction of sp³-hybridized carbons (Fsp3) is 0.300. The minimum Gasteiger partial charge on any atom is -0.486 e. The van der Waals surface area contributed by atoms with E-state index in [0.29, 0.717) is 30.3 Å². The van der Waals surface area contributed by atoms with E-state index in [4.69, 9.17) is 21.7 Å². The van der Waals surface area contributed by atoms with Gasteiger partial charge in [-0.1, -0.05) is 6.07 Å². The zero-order chi connectivity index (χ0) is 18.6. The highest BCUT2D eigenvalue weighted by Crippen LogP contribution is 2.30. The number of hydrogen-bond acceptors (Lipinski definition) is 5. The van der Waals surface area contributed by atoms with Crippen molar-refractivity contribution in [2.24, 2.45) is 0 Å². The van der Waals surface area contributed by atoms with Gasteiger partial charge in [0.1, 0.15) is 13.2 Å². The summed E-state index contributed by atoms with van der Waals surface area (Å²) in [6.45, 7) is 3.15. The van der Waals surface area contributed by atoms with Crippen LogP contribution >= 0.6 is 12.2 Å². The van der Waals surface area contributed by atoms with Crippen molar-refractivity contribution in [3.05, 3.63) is 48.0 Å². The highest BCUT2D eigenvalue weighted by Gasteiger charge is 2.16. The highest BCUT2D eigenvalue weighted by molar-refractivity contribution is 7.80. The highest BCUT2D eigenvalue weighted by atomic mass is 32.1. The quantitative estimate of drug-likeness (QED) is 0.794. The summed E-state index contributed by atoms with van der Waals surface area (Å²) in [4.78, 5) is 14.8. The van der Waals surface area contributed by atoms with Crippen molar-refractivity contribution in [2.45, 2.75) is 12.8 Å². The maximum absolute atomic E-state index is 12.5. The van der Waals surface area contributed by atoms with Crippen LogP contribution in [0.4, 0.5) is 11.4 Å². The monoisotopic (exact) mass is 383 g/mol. The number of amides is 1. The Morgan fingerprint density at radius 1 is 1.00 bits per heavy atom. The number of nitrogens with zero attached hydrogens (tertiary/aromatic N) is 1. The number of carbonyl (C=O) groups is 1. The molecule has 0 saturated carbocycles. The molecule has 0 spiro atoms. The van der Waals surface area contributed by atoms with Gasteiger partial charge in [-0.05, 0) is 61.5 Å². The molecule has 1 amide bonds. The maximum atomic E-state index is 12.5. The van der Waals surface area contributed by atoms with Gasteiger partial charge >= 0.3 is 0 Å². The molecule has 2 N–H and O–H groups in total. The van der Waals surface area contributed by atoms with Crippen molar-refractivity contribution in [2.75, 3.05) is 36.5 Å². The molecule has 27 heavy (non-hydrogen) atoms. The molecule has 2 aromatic rings.